The van der Waals surface area contributed by atoms with Gasteiger partial charge in [0.2, 0.25) is 0 Å². The van der Waals surface area contributed by atoms with Crippen LogP contribution in [0.2, 0.25) is 0 Å². The Morgan fingerprint density at radius 1 is 0.786 bits per heavy atom. The Hall–Kier alpha value is -2.99. The predicted molar refractivity (Wildman–Crippen MR) is 121 cm³/mol. The lowest BCUT2D eigenvalue weighted by Crippen LogP contribution is -2.27. The summed E-state index contributed by atoms with van der Waals surface area (Å²) in [6.07, 6.45) is 6.30. The monoisotopic (exact) mass is 352 g/mol. The molecular formula is C26H18B2. The lowest BCUT2D eigenvalue weighted by Gasteiger charge is -2.31. The SMILES string of the molecule is [B]c1ccc2c(c1)-c1cc([B])ccc1C21C(C=C)=C(/C=C\C)c2ccccc21. The molecule has 0 unspecified atom stereocenters. The minimum atomic E-state index is -0.390. The smallest absolute Gasteiger partial charge is 0.0987 e. The van der Waals surface area contributed by atoms with Crippen molar-refractivity contribution in [1.82, 2.24) is 0 Å². The van der Waals surface area contributed by atoms with Crippen LogP contribution in [0.1, 0.15) is 29.2 Å². The van der Waals surface area contributed by atoms with E-state index in [1.54, 1.807) is 0 Å². The van der Waals surface area contributed by atoms with Gasteiger partial charge in [-0.15, -0.1) is 0 Å². The van der Waals surface area contributed by atoms with E-state index in [4.69, 9.17) is 15.7 Å². The third-order valence-electron chi connectivity index (χ3n) is 6.04. The number of allylic oxidation sites excluding steroid dienone is 5. The molecule has 128 valence electrons. The summed E-state index contributed by atoms with van der Waals surface area (Å²) < 4.78 is 0. The standard InChI is InChI=1S/C26H18B2/c1-3-7-18-19-8-5-6-9-23(19)26(22(18)4-2)24-12-10-16(27)14-20(24)21-15-17(28)11-13-25(21)26/h3-15H,2H2,1H3/b7-3-. The minimum Gasteiger partial charge on any atom is -0.0987 e. The first-order valence-corrected chi connectivity index (χ1v) is 9.53. The highest BCUT2D eigenvalue weighted by Crippen LogP contribution is 2.61. The Bertz CT molecular complexity index is 1160. The third-order valence-corrected chi connectivity index (χ3v) is 6.04. The van der Waals surface area contributed by atoms with Crippen molar-refractivity contribution in [3.8, 4) is 11.1 Å². The molecule has 0 saturated carbocycles. The summed E-state index contributed by atoms with van der Waals surface area (Å²) in [5, 5.41) is 0. The number of fused-ring (bicyclic) bond motifs is 7. The van der Waals surface area contributed by atoms with E-state index in [0.29, 0.717) is 0 Å². The van der Waals surface area contributed by atoms with Crippen LogP contribution in [0.4, 0.5) is 0 Å². The molecule has 5 rings (SSSR count). The zero-order chi connectivity index (χ0) is 19.5. The highest BCUT2D eigenvalue weighted by Gasteiger charge is 2.51. The molecule has 0 nitrogen and oxygen atoms in total. The van der Waals surface area contributed by atoms with E-state index in [1.165, 1.54) is 33.4 Å². The Balaban J connectivity index is 2.02. The van der Waals surface area contributed by atoms with Crippen LogP contribution in [0, 0.1) is 0 Å². The lowest BCUT2D eigenvalue weighted by molar-refractivity contribution is 0.787. The van der Waals surface area contributed by atoms with E-state index in [0.717, 1.165) is 22.1 Å². The zero-order valence-electron chi connectivity index (χ0n) is 15.9. The van der Waals surface area contributed by atoms with Crippen molar-refractivity contribution in [2.45, 2.75) is 12.3 Å². The van der Waals surface area contributed by atoms with Crippen LogP contribution in [0.5, 0.6) is 0 Å². The van der Waals surface area contributed by atoms with Crippen LogP contribution in [0.15, 0.2) is 91.0 Å². The van der Waals surface area contributed by atoms with Gasteiger partial charge in [0.15, 0.2) is 0 Å². The van der Waals surface area contributed by atoms with Crippen molar-refractivity contribution < 1.29 is 0 Å². The number of rotatable bonds is 2. The van der Waals surface area contributed by atoms with Crippen molar-refractivity contribution >= 4 is 32.2 Å². The fourth-order valence-electron chi connectivity index (χ4n) is 5.10. The van der Waals surface area contributed by atoms with Crippen LogP contribution < -0.4 is 10.9 Å². The van der Waals surface area contributed by atoms with Gasteiger partial charge < -0.3 is 0 Å². The van der Waals surface area contributed by atoms with Gasteiger partial charge in [0.25, 0.3) is 0 Å². The van der Waals surface area contributed by atoms with Crippen molar-refractivity contribution in [1.29, 1.82) is 0 Å². The Morgan fingerprint density at radius 3 is 1.93 bits per heavy atom. The molecule has 4 radical (unpaired) electrons. The summed E-state index contributed by atoms with van der Waals surface area (Å²) in [7, 11) is 12.4. The molecule has 1 spiro atoms. The van der Waals surface area contributed by atoms with Crippen LogP contribution in [-0.4, -0.2) is 15.7 Å². The maximum Gasteiger partial charge on any atom is 0.113 e. The largest absolute Gasteiger partial charge is 0.113 e. The summed E-state index contributed by atoms with van der Waals surface area (Å²) in [4.78, 5) is 0. The molecule has 0 atom stereocenters. The molecule has 0 fully saturated rings. The number of hydrogen-bond donors (Lipinski definition) is 0. The molecule has 2 aliphatic rings. The minimum absolute atomic E-state index is 0.390. The molecule has 2 aliphatic carbocycles. The molecule has 0 saturated heterocycles. The average molecular weight is 352 g/mol. The summed E-state index contributed by atoms with van der Waals surface area (Å²) in [6, 6.07) is 21.1. The molecule has 0 aromatic heterocycles. The summed E-state index contributed by atoms with van der Waals surface area (Å²) in [5.74, 6) is 0. The first kappa shape index (κ1) is 17.1. The molecule has 2 heteroatoms. The van der Waals surface area contributed by atoms with Gasteiger partial charge in [-0.3, -0.25) is 0 Å². The maximum absolute atomic E-state index is 6.18. The first-order chi connectivity index (χ1) is 13.6. The lowest BCUT2D eigenvalue weighted by atomic mass is 9.69. The normalized spacial score (nSPS) is 15.8. The van der Waals surface area contributed by atoms with Gasteiger partial charge in [-0.25, -0.2) is 0 Å². The molecule has 28 heavy (non-hydrogen) atoms. The molecule has 0 heterocycles. The summed E-state index contributed by atoms with van der Waals surface area (Å²) in [6.45, 7) is 6.27. The fourth-order valence-corrected chi connectivity index (χ4v) is 5.10. The van der Waals surface area contributed by atoms with Gasteiger partial charge in [-0.2, -0.15) is 0 Å². The topological polar surface area (TPSA) is 0 Å². The van der Waals surface area contributed by atoms with E-state index in [1.807, 2.05) is 18.2 Å². The van der Waals surface area contributed by atoms with Crippen molar-refractivity contribution in [2.24, 2.45) is 0 Å². The third kappa shape index (κ3) is 1.98. The van der Waals surface area contributed by atoms with Gasteiger partial charge in [0.05, 0.1) is 5.41 Å². The fraction of sp³-hybridized carbons (Fsp3) is 0.0769. The van der Waals surface area contributed by atoms with E-state index < -0.39 is 0 Å². The van der Waals surface area contributed by atoms with E-state index in [-0.39, 0.29) is 5.41 Å². The second-order valence-corrected chi connectivity index (χ2v) is 7.44. The highest BCUT2D eigenvalue weighted by molar-refractivity contribution is 6.33. The first-order valence-electron chi connectivity index (χ1n) is 9.53. The molecule has 3 aromatic carbocycles. The van der Waals surface area contributed by atoms with E-state index >= 15 is 0 Å². The van der Waals surface area contributed by atoms with Gasteiger partial charge in [-0.05, 0) is 51.5 Å². The molecular weight excluding hydrogens is 334 g/mol. The van der Waals surface area contributed by atoms with Crippen molar-refractivity contribution in [3.63, 3.8) is 0 Å². The number of benzene rings is 3. The average Bonchev–Trinajstić information content (AvgIpc) is 3.13. The summed E-state index contributed by atoms with van der Waals surface area (Å²) >= 11 is 0. The summed E-state index contributed by atoms with van der Waals surface area (Å²) in [5.41, 5.74) is 10.9. The van der Waals surface area contributed by atoms with Gasteiger partial charge in [0.1, 0.15) is 15.7 Å². The zero-order valence-corrected chi connectivity index (χ0v) is 15.9. The predicted octanol–water partition coefficient (Wildman–Crippen LogP) is 4.12. The van der Waals surface area contributed by atoms with E-state index in [9.17, 15) is 0 Å². The van der Waals surface area contributed by atoms with Gasteiger partial charge in [0, 0.05) is 0 Å². The van der Waals surface area contributed by atoms with Crippen LogP contribution in [-0.2, 0) is 5.41 Å². The van der Waals surface area contributed by atoms with Crippen molar-refractivity contribution in [2.75, 3.05) is 0 Å². The van der Waals surface area contributed by atoms with Crippen LogP contribution in [0.25, 0.3) is 16.7 Å². The molecule has 0 bridgehead atoms. The van der Waals surface area contributed by atoms with Crippen LogP contribution in [0.3, 0.4) is 0 Å². The molecule has 0 aliphatic heterocycles. The molecule has 0 amide bonds. The Morgan fingerprint density at radius 2 is 1.36 bits per heavy atom. The van der Waals surface area contributed by atoms with Crippen LogP contribution >= 0.6 is 0 Å². The van der Waals surface area contributed by atoms with Gasteiger partial charge in [-0.1, -0.05) is 96.4 Å². The Labute approximate surface area is 169 Å². The van der Waals surface area contributed by atoms with Crippen molar-refractivity contribution in [3.05, 3.63) is 113 Å². The highest BCUT2D eigenvalue weighted by atomic mass is 14.5. The number of hydrogen-bond acceptors (Lipinski definition) is 0. The second-order valence-electron chi connectivity index (χ2n) is 7.44. The maximum atomic E-state index is 6.18. The second kappa shape index (κ2) is 6.01. The quantitative estimate of drug-likeness (QED) is 0.609. The molecule has 3 aromatic rings. The van der Waals surface area contributed by atoms with E-state index in [2.05, 4.69) is 74.2 Å². The molecule has 0 N–H and O–H groups in total. The van der Waals surface area contributed by atoms with Gasteiger partial charge >= 0.3 is 0 Å². The Kier molecular flexibility index (Phi) is 3.67.